The van der Waals surface area contributed by atoms with Crippen LogP contribution >= 0.6 is 27.5 Å². The molecule has 1 aliphatic carbocycles. The van der Waals surface area contributed by atoms with Crippen molar-refractivity contribution >= 4 is 33.5 Å². The van der Waals surface area contributed by atoms with Crippen LogP contribution in [0.15, 0.2) is 22.8 Å². The fourth-order valence-electron chi connectivity index (χ4n) is 3.28. The molecule has 0 radical (unpaired) electrons. The van der Waals surface area contributed by atoms with Crippen LogP contribution in [0.3, 0.4) is 0 Å². The Balaban J connectivity index is 2.08. The Morgan fingerprint density at radius 3 is 2.75 bits per heavy atom. The zero-order chi connectivity index (χ0) is 17.3. The van der Waals surface area contributed by atoms with Crippen LogP contribution in [0.1, 0.15) is 48.4 Å². The first-order valence-electron chi connectivity index (χ1n) is 7.94. The molecule has 0 saturated heterocycles. The van der Waals surface area contributed by atoms with Crippen molar-refractivity contribution < 1.29 is 14.3 Å². The number of carboxylic acids is 1. The SMILES string of the molecule is O=C(O)c1nc(CC2CCCCC2)n(-c2cccc(Cl)c2F)c1Br. The van der Waals surface area contributed by atoms with Gasteiger partial charge in [-0.3, -0.25) is 4.57 Å². The molecule has 1 fully saturated rings. The first-order valence-corrected chi connectivity index (χ1v) is 9.11. The fraction of sp³-hybridized carbons (Fsp3) is 0.412. The lowest BCUT2D eigenvalue weighted by Gasteiger charge is -2.21. The van der Waals surface area contributed by atoms with Crippen LogP contribution in [0.4, 0.5) is 4.39 Å². The fourth-order valence-corrected chi connectivity index (χ4v) is 4.10. The summed E-state index contributed by atoms with van der Waals surface area (Å²) < 4.78 is 16.3. The zero-order valence-electron chi connectivity index (χ0n) is 12.9. The van der Waals surface area contributed by atoms with Gasteiger partial charge in [-0.2, -0.15) is 0 Å². The third-order valence-electron chi connectivity index (χ3n) is 4.46. The molecule has 0 atom stereocenters. The normalized spacial score (nSPS) is 15.6. The van der Waals surface area contributed by atoms with E-state index < -0.39 is 11.8 Å². The average Bonchev–Trinajstić information content (AvgIpc) is 2.88. The first-order chi connectivity index (χ1) is 11.5. The van der Waals surface area contributed by atoms with Crippen LogP contribution in [0.2, 0.25) is 5.02 Å². The van der Waals surface area contributed by atoms with Crippen molar-refractivity contribution in [1.29, 1.82) is 0 Å². The number of nitrogens with zero attached hydrogens (tertiary/aromatic N) is 2. The number of aromatic nitrogens is 2. The summed E-state index contributed by atoms with van der Waals surface area (Å²) in [5, 5.41) is 9.35. The van der Waals surface area contributed by atoms with E-state index in [9.17, 15) is 14.3 Å². The maximum Gasteiger partial charge on any atom is 0.357 e. The van der Waals surface area contributed by atoms with E-state index in [1.165, 1.54) is 29.9 Å². The molecule has 1 aromatic heterocycles. The molecule has 2 aromatic rings. The molecule has 1 heterocycles. The smallest absolute Gasteiger partial charge is 0.357 e. The highest BCUT2D eigenvalue weighted by molar-refractivity contribution is 9.10. The van der Waals surface area contributed by atoms with Crippen molar-refractivity contribution in [2.45, 2.75) is 38.5 Å². The van der Waals surface area contributed by atoms with Crippen molar-refractivity contribution in [3.05, 3.63) is 45.2 Å². The highest BCUT2D eigenvalue weighted by Crippen LogP contribution is 2.32. The molecular weight excluding hydrogens is 399 g/mol. The maximum absolute atomic E-state index is 14.5. The molecule has 24 heavy (non-hydrogen) atoms. The van der Waals surface area contributed by atoms with Gasteiger partial charge >= 0.3 is 5.97 Å². The minimum absolute atomic E-state index is 0.00593. The number of rotatable bonds is 4. The average molecular weight is 416 g/mol. The second kappa shape index (κ2) is 7.23. The van der Waals surface area contributed by atoms with Crippen molar-refractivity contribution in [3.8, 4) is 5.69 Å². The highest BCUT2D eigenvalue weighted by Gasteiger charge is 2.25. The maximum atomic E-state index is 14.5. The minimum Gasteiger partial charge on any atom is -0.476 e. The molecule has 4 nitrogen and oxygen atoms in total. The van der Waals surface area contributed by atoms with E-state index in [2.05, 4.69) is 20.9 Å². The van der Waals surface area contributed by atoms with E-state index in [0.29, 0.717) is 18.2 Å². The first kappa shape index (κ1) is 17.4. The van der Waals surface area contributed by atoms with E-state index in [4.69, 9.17) is 11.6 Å². The summed E-state index contributed by atoms with van der Waals surface area (Å²) in [6, 6.07) is 4.67. The summed E-state index contributed by atoms with van der Waals surface area (Å²) in [6.07, 6.45) is 6.37. The molecule has 7 heteroatoms. The Bertz CT molecular complexity index is 772. The monoisotopic (exact) mass is 414 g/mol. The molecule has 1 aliphatic rings. The Morgan fingerprint density at radius 1 is 1.38 bits per heavy atom. The number of imidazole rings is 1. The van der Waals surface area contributed by atoms with Gasteiger partial charge in [-0.15, -0.1) is 0 Å². The Morgan fingerprint density at radius 2 is 2.08 bits per heavy atom. The number of hydrogen-bond acceptors (Lipinski definition) is 2. The molecule has 0 spiro atoms. The number of aromatic carboxylic acids is 1. The Kier molecular flexibility index (Phi) is 5.25. The van der Waals surface area contributed by atoms with Gasteiger partial charge in [0, 0.05) is 6.42 Å². The predicted octanol–water partition coefficient (Wildman–Crippen LogP) is 5.25. The van der Waals surface area contributed by atoms with Crippen molar-refractivity contribution in [2.75, 3.05) is 0 Å². The lowest BCUT2D eigenvalue weighted by molar-refractivity contribution is 0.0689. The number of benzene rings is 1. The van der Waals surface area contributed by atoms with Crippen molar-refractivity contribution in [1.82, 2.24) is 9.55 Å². The summed E-state index contributed by atoms with van der Waals surface area (Å²) in [7, 11) is 0. The van der Waals surface area contributed by atoms with E-state index >= 15 is 0 Å². The molecule has 1 aromatic carbocycles. The third-order valence-corrected chi connectivity index (χ3v) is 5.48. The van der Waals surface area contributed by atoms with Crippen LogP contribution in [0.5, 0.6) is 0 Å². The Hall–Kier alpha value is -1.40. The van der Waals surface area contributed by atoms with Crippen LogP contribution in [0, 0.1) is 11.7 Å². The largest absolute Gasteiger partial charge is 0.476 e. The molecule has 0 unspecified atom stereocenters. The highest BCUT2D eigenvalue weighted by atomic mass is 79.9. The molecule has 0 bridgehead atoms. The quantitative estimate of drug-likeness (QED) is 0.742. The van der Waals surface area contributed by atoms with Gasteiger partial charge in [0.1, 0.15) is 10.4 Å². The Labute approximate surface area is 152 Å². The summed E-state index contributed by atoms with van der Waals surface area (Å²) >= 11 is 9.16. The van der Waals surface area contributed by atoms with Gasteiger partial charge in [-0.05, 0) is 34.0 Å². The van der Waals surface area contributed by atoms with E-state index in [0.717, 1.165) is 12.8 Å². The lowest BCUT2D eigenvalue weighted by Crippen LogP contribution is -2.13. The van der Waals surface area contributed by atoms with Crippen LogP contribution in [0.25, 0.3) is 5.69 Å². The van der Waals surface area contributed by atoms with Crippen LogP contribution in [-0.2, 0) is 6.42 Å². The molecule has 1 saturated carbocycles. The van der Waals surface area contributed by atoms with Gasteiger partial charge in [0.25, 0.3) is 0 Å². The number of hydrogen-bond donors (Lipinski definition) is 1. The molecule has 0 aliphatic heterocycles. The summed E-state index contributed by atoms with van der Waals surface area (Å²) in [5.74, 6) is -0.741. The third kappa shape index (κ3) is 3.35. The van der Waals surface area contributed by atoms with E-state index in [1.54, 1.807) is 12.1 Å². The lowest BCUT2D eigenvalue weighted by atomic mass is 9.87. The van der Waals surface area contributed by atoms with Gasteiger partial charge in [0.15, 0.2) is 11.5 Å². The van der Waals surface area contributed by atoms with Gasteiger partial charge in [0.2, 0.25) is 0 Å². The zero-order valence-corrected chi connectivity index (χ0v) is 15.3. The number of carboxylic acid groups (broad SMARTS) is 1. The van der Waals surface area contributed by atoms with Gasteiger partial charge < -0.3 is 5.11 Å². The van der Waals surface area contributed by atoms with Crippen molar-refractivity contribution in [3.63, 3.8) is 0 Å². The number of halogens is 3. The second-order valence-corrected chi connectivity index (χ2v) is 7.25. The molecular formula is C17H17BrClFN2O2. The standard InChI is InChI=1S/C17H17BrClFN2O2/c18-16-15(17(23)24)21-13(9-10-5-2-1-3-6-10)22(16)12-8-4-7-11(19)14(12)20/h4,7-8,10H,1-3,5-6,9H2,(H,23,24). The topological polar surface area (TPSA) is 55.1 Å². The van der Waals surface area contributed by atoms with Crippen molar-refractivity contribution in [2.24, 2.45) is 5.92 Å². The number of carbonyl (C=O) groups is 1. The summed E-state index contributed by atoms with van der Waals surface area (Å²) in [4.78, 5) is 15.7. The predicted molar refractivity (Wildman–Crippen MR) is 93.5 cm³/mol. The van der Waals surface area contributed by atoms with Crippen LogP contribution < -0.4 is 0 Å². The molecule has 3 rings (SSSR count). The van der Waals surface area contributed by atoms with Crippen LogP contribution in [-0.4, -0.2) is 20.6 Å². The van der Waals surface area contributed by atoms with Gasteiger partial charge in [0.05, 0.1) is 10.7 Å². The van der Waals surface area contributed by atoms with Gasteiger partial charge in [-0.1, -0.05) is 49.8 Å². The summed E-state index contributed by atoms with van der Waals surface area (Å²) in [6.45, 7) is 0. The summed E-state index contributed by atoms with van der Waals surface area (Å²) in [5.41, 5.74) is 0.0976. The molecule has 0 amide bonds. The van der Waals surface area contributed by atoms with E-state index in [-0.39, 0.29) is 21.0 Å². The second-order valence-electron chi connectivity index (χ2n) is 6.09. The molecule has 1 N–H and O–H groups in total. The molecule has 128 valence electrons. The minimum atomic E-state index is -1.15. The van der Waals surface area contributed by atoms with Gasteiger partial charge in [-0.25, -0.2) is 14.2 Å². The van der Waals surface area contributed by atoms with E-state index in [1.807, 2.05) is 0 Å².